The Balaban J connectivity index is 1.69. The molecule has 0 spiro atoms. The van der Waals surface area contributed by atoms with E-state index in [2.05, 4.69) is 46.1 Å². The number of ether oxygens (including phenoxy) is 2. The van der Waals surface area contributed by atoms with Crippen molar-refractivity contribution in [2.24, 2.45) is 0 Å². The number of fused-ring (bicyclic) bond motifs is 1. The number of rotatable bonds is 4. The molecule has 0 aliphatic carbocycles. The van der Waals surface area contributed by atoms with Crippen LogP contribution in [0.2, 0.25) is 0 Å². The molecule has 1 aliphatic heterocycles. The summed E-state index contributed by atoms with van der Waals surface area (Å²) in [6.45, 7) is 6.17. The Morgan fingerprint density at radius 2 is 2.19 bits per heavy atom. The lowest BCUT2D eigenvalue weighted by Gasteiger charge is -2.21. The van der Waals surface area contributed by atoms with E-state index in [1.54, 1.807) is 11.3 Å². The Hall–Kier alpha value is -1.11. The predicted molar refractivity (Wildman–Crippen MR) is 87.2 cm³/mol. The lowest BCUT2D eigenvalue weighted by Crippen LogP contribution is -2.19. The average Bonchev–Trinajstić information content (AvgIpc) is 2.91. The van der Waals surface area contributed by atoms with Crippen LogP contribution in [0.25, 0.3) is 0 Å². The van der Waals surface area contributed by atoms with E-state index >= 15 is 0 Å². The van der Waals surface area contributed by atoms with E-state index in [0.717, 1.165) is 33.1 Å². The third kappa shape index (κ3) is 3.39. The van der Waals surface area contributed by atoms with Crippen LogP contribution < -0.4 is 14.8 Å². The number of nitrogens with zero attached hydrogens (tertiary/aromatic N) is 1. The minimum Gasteiger partial charge on any atom is -0.486 e. The Kier molecular flexibility index (Phi) is 4.47. The SMILES string of the molecule is Cc1cnc(C(C)NCc2cc(Br)c3c(c2)OCCO3)s1. The van der Waals surface area contributed by atoms with Crippen molar-refractivity contribution < 1.29 is 9.47 Å². The number of benzene rings is 1. The maximum absolute atomic E-state index is 5.65. The van der Waals surface area contributed by atoms with Crippen LogP contribution >= 0.6 is 27.3 Å². The molecule has 1 unspecified atom stereocenters. The number of nitrogens with one attached hydrogen (secondary N) is 1. The largest absolute Gasteiger partial charge is 0.486 e. The molecule has 2 aromatic rings. The highest BCUT2D eigenvalue weighted by Gasteiger charge is 2.17. The summed E-state index contributed by atoms with van der Waals surface area (Å²) in [7, 11) is 0. The molecule has 6 heteroatoms. The van der Waals surface area contributed by atoms with E-state index in [1.165, 1.54) is 4.88 Å². The predicted octanol–water partition coefficient (Wildman–Crippen LogP) is 3.84. The summed E-state index contributed by atoms with van der Waals surface area (Å²) in [6, 6.07) is 4.34. The van der Waals surface area contributed by atoms with Crippen LogP contribution in [-0.4, -0.2) is 18.2 Å². The first-order chi connectivity index (χ1) is 10.1. The molecule has 1 aromatic carbocycles. The van der Waals surface area contributed by atoms with E-state index in [-0.39, 0.29) is 6.04 Å². The Bertz CT molecular complexity index is 645. The molecule has 0 amide bonds. The van der Waals surface area contributed by atoms with Crippen LogP contribution in [0.5, 0.6) is 11.5 Å². The second-order valence-electron chi connectivity index (χ2n) is 5.01. The fourth-order valence-electron chi connectivity index (χ4n) is 2.20. The van der Waals surface area contributed by atoms with Crippen molar-refractivity contribution in [1.82, 2.24) is 10.3 Å². The maximum atomic E-state index is 5.65. The first-order valence-corrected chi connectivity index (χ1v) is 8.48. The molecule has 1 aliphatic rings. The highest BCUT2D eigenvalue weighted by atomic mass is 79.9. The monoisotopic (exact) mass is 368 g/mol. The zero-order valence-electron chi connectivity index (χ0n) is 12.0. The first kappa shape index (κ1) is 14.8. The molecular weight excluding hydrogens is 352 g/mol. The molecule has 112 valence electrons. The van der Waals surface area contributed by atoms with Gasteiger partial charge in [-0.05, 0) is 47.5 Å². The fourth-order valence-corrected chi connectivity index (χ4v) is 3.60. The van der Waals surface area contributed by atoms with Gasteiger partial charge >= 0.3 is 0 Å². The summed E-state index contributed by atoms with van der Waals surface area (Å²) in [5.74, 6) is 1.61. The summed E-state index contributed by atoms with van der Waals surface area (Å²) in [4.78, 5) is 5.65. The number of hydrogen-bond acceptors (Lipinski definition) is 5. The number of hydrogen-bond donors (Lipinski definition) is 1. The summed E-state index contributed by atoms with van der Waals surface area (Å²) >= 11 is 5.27. The van der Waals surface area contributed by atoms with Crippen LogP contribution in [0.4, 0.5) is 0 Å². The molecule has 0 saturated heterocycles. The summed E-state index contributed by atoms with van der Waals surface area (Å²) in [6.07, 6.45) is 1.92. The van der Waals surface area contributed by atoms with Gasteiger partial charge in [-0.3, -0.25) is 0 Å². The minimum atomic E-state index is 0.232. The maximum Gasteiger partial charge on any atom is 0.175 e. The second-order valence-corrected chi connectivity index (χ2v) is 7.13. The van der Waals surface area contributed by atoms with Gasteiger partial charge in [0.25, 0.3) is 0 Å². The van der Waals surface area contributed by atoms with E-state index in [0.29, 0.717) is 13.2 Å². The highest BCUT2D eigenvalue weighted by molar-refractivity contribution is 9.10. The zero-order chi connectivity index (χ0) is 14.8. The average molecular weight is 369 g/mol. The van der Waals surface area contributed by atoms with Crippen LogP contribution in [0.1, 0.15) is 28.4 Å². The van der Waals surface area contributed by atoms with Crippen LogP contribution in [-0.2, 0) is 6.54 Å². The van der Waals surface area contributed by atoms with E-state index < -0.39 is 0 Å². The van der Waals surface area contributed by atoms with Gasteiger partial charge < -0.3 is 14.8 Å². The fraction of sp³-hybridized carbons (Fsp3) is 0.400. The van der Waals surface area contributed by atoms with Crippen molar-refractivity contribution in [2.45, 2.75) is 26.4 Å². The lowest BCUT2D eigenvalue weighted by atomic mass is 10.2. The van der Waals surface area contributed by atoms with Crippen LogP contribution in [0, 0.1) is 6.92 Å². The molecule has 1 atom stereocenters. The van der Waals surface area contributed by atoms with Gasteiger partial charge in [0.05, 0.1) is 10.5 Å². The molecule has 0 bridgehead atoms. The van der Waals surface area contributed by atoms with E-state index in [1.807, 2.05) is 12.3 Å². The number of aromatic nitrogens is 1. The van der Waals surface area contributed by atoms with Gasteiger partial charge in [0, 0.05) is 17.6 Å². The summed E-state index contributed by atoms with van der Waals surface area (Å²) in [5.41, 5.74) is 1.16. The van der Waals surface area contributed by atoms with Gasteiger partial charge in [0.2, 0.25) is 0 Å². The van der Waals surface area contributed by atoms with E-state index in [9.17, 15) is 0 Å². The summed E-state index contributed by atoms with van der Waals surface area (Å²) < 4.78 is 12.2. The van der Waals surface area contributed by atoms with Gasteiger partial charge in [0.1, 0.15) is 18.2 Å². The van der Waals surface area contributed by atoms with Crippen LogP contribution in [0.15, 0.2) is 22.8 Å². The Labute approximate surface area is 136 Å². The zero-order valence-corrected chi connectivity index (χ0v) is 14.4. The molecule has 0 fully saturated rings. The molecule has 1 N–H and O–H groups in total. The molecule has 3 rings (SSSR count). The Morgan fingerprint density at radius 3 is 2.95 bits per heavy atom. The number of halogens is 1. The number of thiazole rings is 1. The normalized spacial score (nSPS) is 15.0. The third-order valence-corrected chi connectivity index (χ3v) is 4.96. The van der Waals surface area contributed by atoms with Crippen LogP contribution in [0.3, 0.4) is 0 Å². The Morgan fingerprint density at radius 1 is 1.38 bits per heavy atom. The molecule has 21 heavy (non-hydrogen) atoms. The lowest BCUT2D eigenvalue weighted by molar-refractivity contribution is 0.170. The van der Waals surface area contributed by atoms with Gasteiger partial charge in [-0.15, -0.1) is 11.3 Å². The van der Waals surface area contributed by atoms with E-state index in [4.69, 9.17) is 9.47 Å². The number of aryl methyl sites for hydroxylation is 1. The first-order valence-electron chi connectivity index (χ1n) is 6.87. The minimum absolute atomic E-state index is 0.232. The van der Waals surface area contributed by atoms with Crippen molar-refractivity contribution in [3.63, 3.8) is 0 Å². The van der Waals surface area contributed by atoms with Crippen molar-refractivity contribution in [3.05, 3.63) is 38.3 Å². The standard InChI is InChI=1S/C15H17BrN2O2S/c1-9-7-18-15(21-9)10(2)17-8-11-5-12(16)14-13(6-11)19-3-4-20-14/h5-7,10,17H,3-4,8H2,1-2H3. The van der Waals surface area contributed by atoms with Gasteiger partial charge in [-0.25, -0.2) is 4.98 Å². The third-order valence-electron chi connectivity index (χ3n) is 3.28. The van der Waals surface area contributed by atoms with Gasteiger partial charge in [0.15, 0.2) is 11.5 Å². The molecule has 4 nitrogen and oxygen atoms in total. The molecule has 0 saturated carbocycles. The molecule has 0 radical (unpaired) electrons. The smallest absolute Gasteiger partial charge is 0.175 e. The molecule has 1 aromatic heterocycles. The van der Waals surface area contributed by atoms with Gasteiger partial charge in [-0.1, -0.05) is 0 Å². The van der Waals surface area contributed by atoms with Crippen molar-refractivity contribution in [3.8, 4) is 11.5 Å². The molecular formula is C15H17BrN2O2S. The van der Waals surface area contributed by atoms with Crippen molar-refractivity contribution in [2.75, 3.05) is 13.2 Å². The van der Waals surface area contributed by atoms with Gasteiger partial charge in [-0.2, -0.15) is 0 Å². The molecule has 2 heterocycles. The van der Waals surface area contributed by atoms with Crippen molar-refractivity contribution in [1.29, 1.82) is 0 Å². The second kappa shape index (κ2) is 6.34. The quantitative estimate of drug-likeness (QED) is 0.890. The highest BCUT2D eigenvalue weighted by Crippen LogP contribution is 2.38. The topological polar surface area (TPSA) is 43.4 Å². The summed E-state index contributed by atoms with van der Waals surface area (Å²) in [5, 5.41) is 4.61. The van der Waals surface area contributed by atoms with Crippen molar-refractivity contribution >= 4 is 27.3 Å².